The minimum absolute atomic E-state index is 0.0405. The Balaban J connectivity index is 2.09. The third kappa shape index (κ3) is 4.32. The van der Waals surface area contributed by atoms with E-state index in [1.54, 1.807) is 0 Å². The first kappa shape index (κ1) is 20.6. The van der Waals surface area contributed by atoms with Gasteiger partial charge in [-0.3, -0.25) is 0 Å². The summed E-state index contributed by atoms with van der Waals surface area (Å²) in [5, 5.41) is 4.91. The number of halogens is 4. The number of sulfonamides is 1. The molecule has 0 radical (unpaired) electrons. The van der Waals surface area contributed by atoms with Crippen LogP contribution in [0.15, 0.2) is 56.8 Å². The van der Waals surface area contributed by atoms with Gasteiger partial charge in [0.05, 0.1) is 11.4 Å². The van der Waals surface area contributed by atoms with Crippen molar-refractivity contribution in [2.24, 2.45) is 5.14 Å². The third-order valence-corrected chi connectivity index (χ3v) is 4.82. The van der Waals surface area contributed by atoms with Crippen LogP contribution in [-0.2, 0) is 10.0 Å². The maximum atomic E-state index is 14.1. The minimum atomic E-state index is -4.88. The van der Waals surface area contributed by atoms with Gasteiger partial charge in [-0.2, -0.15) is 0 Å². The Hall–Kier alpha value is -3.12. The molecule has 0 bridgehead atoms. The maximum Gasteiger partial charge on any atom is 0.573 e. The lowest BCUT2D eigenvalue weighted by atomic mass is 10.1. The average molecular weight is 432 g/mol. The molecule has 0 unspecified atom stereocenters. The number of hydrogen-bond donors (Lipinski definition) is 1. The van der Waals surface area contributed by atoms with Gasteiger partial charge in [0.1, 0.15) is 22.7 Å². The highest BCUT2D eigenvalue weighted by Crippen LogP contribution is 2.30. The largest absolute Gasteiger partial charge is 0.573 e. The number of hydrogen-bond acceptors (Lipinski definition) is 5. The van der Waals surface area contributed by atoms with Gasteiger partial charge in [0, 0.05) is 5.56 Å². The number of nitrogens with zero attached hydrogens (tertiary/aromatic N) is 1. The molecule has 0 aliphatic heterocycles. The minimum Gasteiger partial charge on any atom is -0.415 e. The number of primary sulfonamides is 1. The number of alkyl halides is 3. The van der Waals surface area contributed by atoms with E-state index in [4.69, 9.17) is 9.56 Å². The van der Waals surface area contributed by atoms with Crippen molar-refractivity contribution in [1.82, 2.24) is 4.57 Å². The lowest BCUT2D eigenvalue weighted by Gasteiger charge is -2.13. The van der Waals surface area contributed by atoms with Crippen LogP contribution in [0.2, 0.25) is 0 Å². The molecule has 12 heteroatoms. The number of rotatable bonds is 4. The van der Waals surface area contributed by atoms with Crippen LogP contribution in [0.4, 0.5) is 17.6 Å². The molecular formula is C17H12F4N2O5S. The molecule has 0 aliphatic carbocycles. The molecule has 0 saturated heterocycles. The van der Waals surface area contributed by atoms with E-state index in [9.17, 15) is 30.8 Å². The van der Waals surface area contributed by atoms with Crippen LogP contribution in [-0.4, -0.2) is 19.3 Å². The number of aromatic nitrogens is 1. The predicted octanol–water partition coefficient (Wildman–Crippen LogP) is 3.09. The molecule has 0 fully saturated rings. The smallest absolute Gasteiger partial charge is 0.415 e. The van der Waals surface area contributed by atoms with Gasteiger partial charge < -0.3 is 9.15 Å². The van der Waals surface area contributed by atoms with Gasteiger partial charge in [0.15, 0.2) is 0 Å². The van der Waals surface area contributed by atoms with Crippen molar-refractivity contribution >= 4 is 10.0 Å². The van der Waals surface area contributed by atoms with Gasteiger partial charge in [0.25, 0.3) is 0 Å². The average Bonchev–Trinajstić information content (AvgIpc) is 2.96. The zero-order valence-corrected chi connectivity index (χ0v) is 15.3. The molecule has 0 spiro atoms. The quantitative estimate of drug-likeness (QED) is 0.638. The van der Waals surface area contributed by atoms with Crippen molar-refractivity contribution in [2.45, 2.75) is 18.2 Å². The van der Waals surface area contributed by atoms with Crippen LogP contribution in [0.5, 0.6) is 5.75 Å². The second-order valence-corrected chi connectivity index (χ2v) is 7.44. The molecule has 1 heterocycles. The van der Waals surface area contributed by atoms with Crippen molar-refractivity contribution < 1.29 is 35.1 Å². The summed E-state index contributed by atoms with van der Waals surface area (Å²) in [5.41, 5.74) is 0.323. The van der Waals surface area contributed by atoms with E-state index in [1.165, 1.54) is 25.1 Å². The van der Waals surface area contributed by atoms with Crippen LogP contribution in [0, 0.1) is 12.7 Å². The van der Waals surface area contributed by atoms with Crippen molar-refractivity contribution in [2.75, 3.05) is 0 Å². The number of aryl methyl sites for hydroxylation is 1. The first-order valence-electron chi connectivity index (χ1n) is 7.77. The summed E-state index contributed by atoms with van der Waals surface area (Å²) in [6, 6.07) is 6.42. The Morgan fingerprint density at radius 1 is 1.14 bits per heavy atom. The van der Waals surface area contributed by atoms with Crippen LogP contribution < -0.4 is 15.6 Å². The highest BCUT2D eigenvalue weighted by atomic mass is 32.2. The van der Waals surface area contributed by atoms with Gasteiger partial charge >= 0.3 is 12.1 Å². The van der Waals surface area contributed by atoms with E-state index in [2.05, 4.69) is 4.74 Å². The van der Waals surface area contributed by atoms with Crippen LogP contribution >= 0.6 is 0 Å². The Morgan fingerprint density at radius 2 is 1.83 bits per heavy atom. The zero-order chi connectivity index (χ0) is 21.6. The van der Waals surface area contributed by atoms with Gasteiger partial charge in [-0.05, 0) is 42.8 Å². The van der Waals surface area contributed by atoms with Crippen LogP contribution in [0.25, 0.3) is 16.9 Å². The molecular weight excluding hydrogens is 420 g/mol. The molecule has 3 rings (SSSR count). The van der Waals surface area contributed by atoms with Crippen molar-refractivity contribution in [3.63, 3.8) is 0 Å². The van der Waals surface area contributed by atoms with E-state index in [0.29, 0.717) is 0 Å². The van der Waals surface area contributed by atoms with E-state index in [1.807, 2.05) is 0 Å². The van der Waals surface area contributed by atoms with Gasteiger partial charge in [-0.1, -0.05) is 6.07 Å². The fourth-order valence-electron chi connectivity index (χ4n) is 2.65. The maximum absolute atomic E-state index is 14.1. The SMILES string of the molecule is Cc1cc(-n2c(-c3ccc(S(N)(=O)=O)c(F)c3)coc2=O)ccc1OC(F)(F)F. The van der Waals surface area contributed by atoms with Gasteiger partial charge in [-0.15, -0.1) is 13.2 Å². The van der Waals surface area contributed by atoms with Gasteiger partial charge in [0.2, 0.25) is 10.0 Å². The van der Waals surface area contributed by atoms with E-state index >= 15 is 0 Å². The summed E-state index contributed by atoms with van der Waals surface area (Å²) >= 11 is 0. The summed E-state index contributed by atoms with van der Waals surface area (Å²) in [4.78, 5) is 11.4. The Labute approximate surface area is 161 Å². The van der Waals surface area contributed by atoms with Crippen molar-refractivity contribution in [3.8, 4) is 22.7 Å². The summed E-state index contributed by atoms with van der Waals surface area (Å²) in [6.07, 6.45) is -3.88. The highest BCUT2D eigenvalue weighted by Gasteiger charge is 2.31. The lowest BCUT2D eigenvalue weighted by molar-refractivity contribution is -0.274. The fraction of sp³-hybridized carbons (Fsp3) is 0.118. The second-order valence-electron chi connectivity index (χ2n) is 5.91. The summed E-state index contributed by atoms with van der Waals surface area (Å²) in [6.45, 7) is 1.34. The Kier molecular flexibility index (Phi) is 5.01. The molecule has 29 heavy (non-hydrogen) atoms. The summed E-state index contributed by atoms with van der Waals surface area (Å²) in [7, 11) is -4.29. The van der Waals surface area contributed by atoms with Gasteiger partial charge in [-0.25, -0.2) is 27.3 Å². The molecule has 1 aromatic heterocycles. The standard InChI is InChI=1S/C17H12F4N2O5S/c1-9-6-11(3-4-14(9)28-17(19,20)21)23-13(8-27-16(23)24)10-2-5-15(12(18)7-10)29(22,25)26/h2-8H,1H3,(H2,22,25,26). The summed E-state index contributed by atoms with van der Waals surface area (Å²) in [5.74, 6) is -2.49. The fourth-order valence-corrected chi connectivity index (χ4v) is 3.24. The Bertz CT molecular complexity index is 1250. The molecule has 0 atom stereocenters. The lowest BCUT2D eigenvalue weighted by Crippen LogP contribution is -2.18. The number of oxazole rings is 1. The molecule has 7 nitrogen and oxygen atoms in total. The molecule has 2 N–H and O–H groups in total. The van der Waals surface area contributed by atoms with Crippen molar-refractivity contribution in [3.05, 3.63) is 64.6 Å². The van der Waals surface area contributed by atoms with E-state index < -0.39 is 38.6 Å². The first-order valence-corrected chi connectivity index (χ1v) is 9.31. The summed E-state index contributed by atoms with van der Waals surface area (Å²) < 4.78 is 83.8. The van der Waals surface area contributed by atoms with E-state index in [-0.39, 0.29) is 22.5 Å². The zero-order valence-electron chi connectivity index (χ0n) is 14.5. The topological polar surface area (TPSA) is 105 Å². The molecule has 0 saturated carbocycles. The monoisotopic (exact) mass is 432 g/mol. The van der Waals surface area contributed by atoms with Crippen LogP contribution in [0.1, 0.15) is 5.56 Å². The third-order valence-electron chi connectivity index (χ3n) is 3.87. The van der Waals surface area contributed by atoms with E-state index in [0.717, 1.165) is 29.0 Å². The number of benzene rings is 2. The highest BCUT2D eigenvalue weighted by molar-refractivity contribution is 7.89. The second kappa shape index (κ2) is 7.04. The first-order chi connectivity index (χ1) is 13.4. The number of ether oxygens (including phenoxy) is 1. The van der Waals surface area contributed by atoms with Crippen LogP contribution in [0.3, 0.4) is 0 Å². The molecule has 0 aliphatic rings. The normalized spacial score (nSPS) is 12.2. The molecule has 2 aromatic carbocycles. The molecule has 3 aromatic rings. The predicted molar refractivity (Wildman–Crippen MR) is 92.5 cm³/mol. The van der Waals surface area contributed by atoms with Crippen molar-refractivity contribution in [1.29, 1.82) is 0 Å². The molecule has 154 valence electrons. The molecule has 0 amide bonds. The number of nitrogens with two attached hydrogens (primary N) is 1. The Morgan fingerprint density at radius 3 is 2.38 bits per heavy atom.